The number of ether oxygens (including phenoxy) is 3. The van der Waals surface area contributed by atoms with E-state index in [0.29, 0.717) is 24.2 Å². The largest absolute Gasteiger partial charge is 0.480 e. The molecule has 2 saturated heterocycles. The molecule has 2 aromatic rings. The number of imidazole rings is 1. The van der Waals surface area contributed by atoms with Crippen LogP contribution in [-0.4, -0.2) is 44.1 Å². The number of aromatic nitrogens is 4. The molecule has 8 nitrogen and oxygen atoms in total. The van der Waals surface area contributed by atoms with E-state index in [2.05, 4.69) is 15.0 Å². The Kier molecular flexibility index (Phi) is 5.93. The summed E-state index contributed by atoms with van der Waals surface area (Å²) < 4.78 is 19.4. The predicted molar refractivity (Wildman–Crippen MR) is 84.1 cm³/mol. The van der Waals surface area contributed by atoms with E-state index in [9.17, 15) is 0 Å². The third kappa shape index (κ3) is 3.45. The van der Waals surface area contributed by atoms with Crippen LogP contribution in [0.2, 0.25) is 0 Å². The Bertz CT molecular complexity index is 693. The van der Waals surface area contributed by atoms with Crippen molar-refractivity contribution in [3.8, 4) is 0 Å². The molecule has 4 rings (SSSR count). The van der Waals surface area contributed by atoms with Crippen LogP contribution in [0.5, 0.6) is 0 Å². The van der Waals surface area contributed by atoms with Crippen LogP contribution in [-0.2, 0) is 34.3 Å². The normalized spacial score (nSPS) is 27.8. The van der Waals surface area contributed by atoms with Crippen LogP contribution >= 0.6 is 0 Å². The summed E-state index contributed by atoms with van der Waals surface area (Å²) in [6.07, 6.45) is 3.41. The van der Waals surface area contributed by atoms with Crippen molar-refractivity contribution in [2.75, 3.05) is 6.61 Å². The minimum Gasteiger partial charge on any atom is -0.480 e. The van der Waals surface area contributed by atoms with Crippen molar-refractivity contribution in [2.24, 2.45) is 0 Å². The maximum Gasteiger partial charge on any atom is 0.163 e. The first-order valence-corrected chi connectivity index (χ1v) is 7.90. The molecule has 0 saturated carbocycles. The van der Waals surface area contributed by atoms with Gasteiger partial charge in [-0.2, -0.15) is 0 Å². The molecule has 0 amide bonds. The molecule has 1 N–H and O–H groups in total. The summed E-state index contributed by atoms with van der Waals surface area (Å²) >= 11 is 0. The number of hydrogen-bond donors (Lipinski definition) is 0. The first-order chi connectivity index (χ1) is 11.0. The molecule has 0 aliphatic carbocycles. The minimum atomic E-state index is -0.568. The van der Waals surface area contributed by atoms with E-state index in [-0.39, 0.29) is 44.4 Å². The van der Waals surface area contributed by atoms with Gasteiger partial charge >= 0.3 is 0 Å². The minimum absolute atomic E-state index is 0. The second-order valence-corrected chi connectivity index (χ2v) is 5.78. The Labute approximate surface area is 154 Å². The van der Waals surface area contributed by atoms with Gasteiger partial charge in [0.15, 0.2) is 11.4 Å². The number of fused-ring (bicyclic) bond motifs is 2. The summed E-state index contributed by atoms with van der Waals surface area (Å²) in [6.45, 7) is 8.29. The zero-order chi connectivity index (χ0) is 16.6. The van der Waals surface area contributed by atoms with E-state index in [1.165, 1.54) is 6.33 Å². The SMILES string of the molecule is CC.CC1(C)OC2COC(n3cnc4c([NH-])ncnc43)CC2O1.[Ir]. The molecule has 135 valence electrons. The van der Waals surface area contributed by atoms with E-state index in [1.54, 1.807) is 6.33 Å². The molecule has 2 aliphatic heterocycles. The van der Waals surface area contributed by atoms with Crippen molar-refractivity contribution < 1.29 is 34.3 Å². The molecule has 0 aromatic carbocycles. The van der Waals surface area contributed by atoms with Crippen molar-refractivity contribution in [2.45, 2.75) is 58.3 Å². The summed E-state index contributed by atoms with van der Waals surface area (Å²) in [6, 6.07) is 0. The second-order valence-electron chi connectivity index (χ2n) is 5.78. The zero-order valence-electron chi connectivity index (χ0n) is 14.1. The molecule has 9 heteroatoms. The average molecular weight is 513 g/mol. The fourth-order valence-electron chi connectivity index (χ4n) is 2.98. The number of nitrogens with zero attached hydrogens (tertiary/aromatic N) is 4. The Hall–Kier alpha value is -1.12. The molecule has 0 spiro atoms. The second kappa shape index (κ2) is 7.41. The monoisotopic (exact) mass is 513 g/mol. The number of rotatable bonds is 1. The molecular weight excluding hydrogens is 490 g/mol. The Morgan fingerprint density at radius 1 is 1.17 bits per heavy atom. The van der Waals surface area contributed by atoms with E-state index in [0.717, 1.165) is 0 Å². The van der Waals surface area contributed by atoms with Gasteiger partial charge in [-0.15, -0.1) is 0 Å². The van der Waals surface area contributed by atoms with Crippen molar-refractivity contribution in [3.05, 3.63) is 18.4 Å². The zero-order valence-corrected chi connectivity index (χ0v) is 16.5. The van der Waals surface area contributed by atoms with E-state index < -0.39 is 5.79 Å². The predicted octanol–water partition coefficient (Wildman–Crippen LogP) is 2.97. The number of hydrogen-bond acceptors (Lipinski definition) is 6. The van der Waals surface area contributed by atoms with Crippen molar-refractivity contribution in [1.82, 2.24) is 19.5 Å². The Morgan fingerprint density at radius 3 is 2.62 bits per heavy atom. The fourth-order valence-corrected chi connectivity index (χ4v) is 2.98. The molecule has 0 bridgehead atoms. The van der Waals surface area contributed by atoms with Gasteiger partial charge < -0.3 is 24.9 Å². The van der Waals surface area contributed by atoms with Crippen LogP contribution in [0.3, 0.4) is 0 Å². The molecule has 3 unspecified atom stereocenters. The third-order valence-corrected chi connectivity index (χ3v) is 3.84. The molecule has 2 fully saturated rings. The number of nitrogens with one attached hydrogen (secondary N) is 1. The molecule has 3 atom stereocenters. The first kappa shape index (κ1) is 19.2. The van der Waals surface area contributed by atoms with Gasteiger partial charge in [0.1, 0.15) is 17.8 Å². The van der Waals surface area contributed by atoms with Crippen LogP contribution in [0.25, 0.3) is 16.9 Å². The summed E-state index contributed by atoms with van der Waals surface area (Å²) in [5.41, 5.74) is 8.84. The maximum absolute atomic E-state index is 7.75. The van der Waals surface area contributed by atoms with E-state index in [4.69, 9.17) is 19.9 Å². The van der Waals surface area contributed by atoms with Gasteiger partial charge in [0.05, 0.1) is 19.0 Å². The topological polar surface area (TPSA) is 95.1 Å². The summed E-state index contributed by atoms with van der Waals surface area (Å²) in [5.74, 6) is -0.449. The van der Waals surface area contributed by atoms with E-state index in [1.807, 2.05) is 32.3 Å². The molecule has 24 heavy (non-hydrogen) atoms. The quantitative estimate of drug-likeness (QED) is 0.583. The van der Waals surface area contributed by atoms with Gasteiger partial charge in [-0.1, -0.05) is 13.8 Å². The molecule has 4 heterocycles. The average Bonchev–Trinajstić information content (AvgIpc) is 3.08. The van der Waals surface area contributed by atoms with Crippen LogP contribution < -0.4 is 0 Å². The molecular formula is C15H22IrN5O3-. The van der Waals surface area contributed by atoms with Crippen LogP contribution in [0.15, 0.2) is 12.7 Å². The van der Waals surface area contributed by atoms with Gasteiger partial charge in [-0.3, -0.25) is 4.57 Å². The van der Waals surface area contributed by atoms with Crippen molar-refractivity contribution in [3.63, 3.8) is 0 Å². The standard InChI is InChI=1S/C13H16N5O3.C2H6.Ir/c1-13(2)20-7-3-9(19-4-8(7)21-13)18-6-17-10-11(14)15-5-16-12(10)18;1-2;/h5-9H,3-4H2,1-2H3,(H-,14,15,16);1-2H3;/q-1;;. The van der Waals surface area contributed by atoms with Gasteiger partial charge in [0.2, 0.25) is 0 Å². The van der Waals surface area contributed by atoms with Crippen LogP contribution in [0.4, 0.5) is 5.82 Å². The molecule has 2 aromatic heterocycles. The van der Waals surface area contributed by atoms with Gasteiger partial charge in [-0.05, 0) is 19.7 Å². The molecule has 2 aliphatic rings. The van der Waals surface area contributed by atoms with E-state index >= 15 is 0 Å². The maximum atomic E-state index is 7.75. The summed E-state index contributed by atoms with van der Waals surface area (Å²) in [5, 5.41) is 0. The van der Waals surface area contributed by atoms with Gasteiger partial charge in [-0.25, -0.2) is 9.97 Å². The third-order valence-electron chi connectivity index (χ3n) is 3.84. The van der Waals surface area contributed by atoms with Gasteiger partial charge in [0.25, 0.3) is 0 Å². The fraction of sp³-hybridized carbons (Fsp3) is 0.667. The first-order valence-electron chi connectivity index (χ1n) is 7.90. The Balaban J connectivity index is 0.000000670. The summed E-state index contributed by atoms with van der Waals surface area (Å²) in [4.78, 5) is 12.2. The van der Waals surface area contributed by atoms with Crippen molar-refractivity contribution in [1.29, 1.82) is 0 Å². The molecule has 1 radical (unpaired) electrons. The van der Waals surface area contributed by atoms with Crippen LogP contribution in [0.1, 0.15) is 40.3 Å². The smallest absolute Gasteiger partial charge is 0.163 e. The summed E-state index contributed by atoms with van der Waals surface area (Å²) in [7, 11) is 0. The van der Waals surface area contributed by atoms with Gasteiger partial charge in [0, 0.05) is 32.9 Å². The van der Waals surface area contributed by atoms with Crippen LogP contribution in [0, 0.1) is 0 Å². The van der Waals surface area contributed by atoms with Crippen molar-refractivity contribution >= 4 is 17.0 Å². The Morgan fingerprint density at radius 2 is 1.88 bits per heavy atom.